The first-order chi connectivity index (χ1) is 8.81. The number of carbonyl (C=O) groups excluding carboxylic acids is 1. The molecular formula is C12H16N4OS. The van der Waals surface area contributed by atoms with Gasteiger partial charge in [-0.05, 0) is 24.3 Å². The van der Waals surface area contributed by atoms with Crippen LogP contribution in [0.1, 0.15) is 19.3 Å². The molecule has 0 aliphatic rings. The lowest BCUT2D eigenvalue weighted by atomic mass is 10.2. The molecule has 0 spiro atoms. The summed E-state index contributed by atoms with van der Waals surface area (Å²) >= 11 is 1.68. The second kappa shape index (κ2) is 6.32. The smallest absolute Gasteiger partial charge is 0.233 e. The van der Waals surface area contributed by atoms with E-state index in [1.54, 1.807) is 11.3 Å². The minimum Gasteiger partial charge on any atom is -0.330 e. The van der Waals surface area contributed by atoms with Crippen molar-refractivity contribution in [1.82, 2.24) is 15.0 Å². The van der Waals surface area contributed by atoms with E-state index >= 15 is 0 Å². The molecule has 96 valence electrons. The highest BCUT2D eigenvalue weighted by Gasteiger charge is 2.06. The summed E-state index contributed by atoms with van der Waals surface area (Å²) in [6, 6.07) is 4.08. The number of carbonyl (C=O) groups is 1. The Bertz CT molecular complexity index is 492. The Morgan fingerprint density at radius 2 is 2.39 bits per heavy atom. The van der Waals surface area contributed by atoms with Gasteiger partial charge in [-0.2, -0.15) is 0 Å². The van der Waals surface area contributed by atoms with Gasteiger partial charge in [0.1, 0.15) is 5.82 Å². The topological polar surface area (TPSA) is 72.9 Å². The first-order valence-electron chi connectivity index (χ1n) is 5.85. The fourth-order valence-corrected chi connectivity index (χ4v) is 2.50. The van der Waals surface area contributed by atoms with Gasteiger partial charge in [0, 0.05) is 25.4 Å². The normalized spacial score (nSPS) is 10.5. The lowest BCUT2D eigenvalue weighted by Gasteiger charge is -2.06. The molecule has 6 heteroatoms. The van der Waals surface area contributed by atoms with Gasteiger partial charge in [0.05, 0.1) is 4.88 Å². The van der Waals surface area contributed by atoms with Crippen LogP contribution in [0.25, 0.3) is 10.7 Å². The van der Waals surface area contributed by atoms with Gasteiger partial charge in [-0.3, -0.25) is 10.2 Å². The predicted octanol–water partition coefficient (Wildman–Crippen LogP) is 1.77. The van der Waals surface area contributed by atoms with Crippen molar-refractivity contribution in [2.45, 2.75) is 25.8 Å². The molecule has 3 N–H and O–H groups in total. The van der Waals surface area contributed by atoms with Gasteiger partial charge in [-0.25, -0.2) is 10.8 Å². The number of unbranched alkanes of at least 4 members (excludes halogenated alkanes) is 1. The molecule has 0 atom stereocenters. The van der Waals surface area contributed by atoms with Gasteiger partial charge in [0.2, 0.25) is 5.91 Å². The fourth-order valence-electron chi connectivity index (χ4n) is 1.76. The molecule has 2 aromatic rings. The van der Waals surface area contributed by atoms with E-state index in [9.17, 15) is 4.79 Å². The van der Waals surface area contributed by atoms with Crippen LogP contribution in [0.4, 0.5) is 0 Å². The van der Waals surface area contributed by atoms with Crippen molar-refractivity contribution in [2.75, 3.05) is 0 Å². The van der Waals surface area contributed by atoms with Gasteiger partial charge < -0.3 is 4.57 Å². The Kier molecular flexibility index (Phi) is 4.49. The van der Waals surface area contributed by atoms with Crippen molar-refractivity contribution < 1.29 is 4.79 Å². The van der Waals surface area contributed by atoms with Crippen LogP contribution in [-0.4, -0.2) is 15.5 Å². The minimum absolute atomic E-state index is 0.112. The van der Waals surface area contributed by atoms with Crippen LogP contribution in [0.2, 0.25) is 0 Å². The number of nitrogens with one attached hydrogen (secondary N) is 1. The number of hydrogen-bond acceptors (Lipinski definition) is 4. The van der Waals surface area contributed by atoms with Crippen molar-refractivity contribution in [3.8, 4) is 10.7 Å². The molecule has 2 rings (SSSR count). The summed E-state index contributed by atoms with van der Waals surface area (Å²) in [7, 11) is 0. The molecule has 2 aromatic heterocycles. The van der Waals surface area contributed by atoms with Crippen molar-refractivity contribution in [3.05, 3.63) is 29.9 Å². The highest BCUT2D eigenvalue weighted by atomic mass is 32.1. The van der Waals surface area contributed by atoms with Crippen LogP contribution in [0.3, 0.4) is 0 Å². The Balaban J connectivity index is 1.87. The summed E-state index contributed by atoms with van der Waals surface area (Å²) in [5, 5.41) is 2.04. The first kappa shape index (κ1) is 12.8. The Hall–Kier alpha value is -1.66. The molecule has 0 unspecified atom stereocenters. The maximum Gasteiger partial charge on any atom is 0.233 e. The Morgan fingerprint density at radius 1 is 1.50 bits per heavy atom. The Morgan fingerprint density at radius 3 is 3.11 bits per heavy atom. The van der Waals surface area contributed by atoms with E-state index in [2.05, 4.69) is 21.0 Å². The molecule has 0 saturated carbocycles. The van der Waals surface area contributed by atoms with Crippen molar-refractivity contribution in [3.63, 3.8) is 0 Å². The van der Waals surface area contributed by atoms with Crippen molar-refractivity contribution in [1.29, 1.82) is 0 Å². The molecule has 0 fully saturated rings. The molecule has 5 nitrogen and oxygen atoms in total. The number of aryl methyl sites for hydroxylation is 1. The molecule has 0 saturated heterocycles. The molecule has 18 heavy (non-hydrogen) atoms. The highest BCUT2D eigenvalue weighted by Crippen LogP contribution is 2.23. The van der Waals surface area contributed by atoms with Crippen LogP contribution in [-0.2, 0) is 11.3 Å². The summed E-state index contributed by atoms with van der Waals surface area (Å²) in [6.45, 7) is 0.866. The van der Waals surface area contributed by atoms with E-state index in [-0.39, 0.29) is 5.91 Å². The lowest BCUT2D eigenvalue weighted by Crippen LogP contribution is -2.29. The maximum absolute atomic E-state index is 11.0. The standard InChI is InChI=1S/C12H16N4OS/c13-15-11(17)5-1-2-7-16-8-6-14-12(16)10-4-3-9-18-10/h3-4,6,8-9H,1-2,5,7,13H2,(H,15,17). The van der Waals surface area contributed by atoms with Gasteiger partial charge in [0.15, 0.2) is 0 Å². The second-order valence-electron chi connectivity index (χ2n) is 3.95. The number of imidazole rings is 1. The molecule has 1 amide bonds. The van der Waals surface area contributed by atoms with Crippen LogP contribution in [0.5, 0.6) is 0 Å². The Labute approximate surface area is 110 Å². The molecule has 2 heterocycles. The number of hydrogen-bond donors (Lipinski definition) is 2. The van der Waals surface area contributed by atoms with E-state index in [1.165, 1.54) is 4.88 Å². The largest absolute Gasteiger partial charge is 0.330 e. The van der Waals surface area contributed by atoms with E-state index in [0.717, 1.165) is 25.2 Å². The van der Waals surface area contributed by atoms with Crippen LogP contribution >= 0.6 is 11.3 Å². The average molecular weight is 264 g/mol. The van der Waals surface area contributed by atoms with Crippen molar-refractivity contribution in [2.24, 2.45) is 5.84 Å². The van der Waals surface area contributed by atoms with Crippen molar-refractivity contribution >= 4 is 17.2 Å². The summed E-state index contributed by atoms with van der Waals surface area (Å²) in [5.74, 6) is 5.91. The zero-order valence-corrected chi connectivity index (χ0v) is 10.8. The molecule has 0 bridgehead atoms. The van der Waals surface area contributed by atoms with Gasteiger partial charge >= 0.3 is 0 Å². The molecule has 0 aromatic carbocycles. The fraction of sp³-hybridized carbons (Fsp3) is 0.333. The number of hydrazine groups is 1. The number of aromatic nitrogens is 2. The van der Waals surface area contributed by atoms with E-state index in [1.807, 2.05) is 23.8 Å². The summed E-state index contributed by atoms with van der Waals surface area (Å²) in [6.07, 6.45) is 6.01. The quantitative estimate of drug-likeness (QED) is 0.361. The van der Waals surface area contributed by atoms with Gasteiger partial charge in [-0.1, -0.05) is 6.07 Å². The lowest BCUT2D eigenvalue weighted by molar-refractivity contribution is -0.121. The molecular weight excluding hydrogens is 248 g/mol. The van der Waals surface area contributed by atoms with Gasteiger partial charge in [-0.15, -0.1) is 11.3 Å². The van der Waals surface area contributed by atoms with Crippen LogP contribution < -0.4 is 11.3 Å². The first-order valence-corrected chi connectivity index (χ1v) is 6.73. The summed E-state index contributed by atoms with van der Waals surface area (Å²) < 4.78 is 2.12. The number of rotatable bonds is 6. The number of thiophene rings is 1. The van der Waals surface area contributed by atoms with E-state index in [4.69, 9.17) is 5.84 Å². The maximum atomic E-state index is 11.0. The van der Waals surface area contributed by atoms with Gasteiger partial charge in [0.25, 0.3) is 0 Å². The predicted molar refractivity (Wildman–Crippen MR) is 71.7 cm³/mol. The zero-order valence-electron chi connectivity index (χ0n) is 10.0. The number of amides is 1. The monoisotopic (exact) mass is 264 g/mol. The zero-order chi connectivity index (χ0) is 12.8. The molecule has 0 radical (unpaired) electrons. The van der Waals surface area contributed by atoms with Crippen LogP contribution in [0.15, 0.2) is 29.9 Å². The number of nitrogens with zero attached hydrogens (tertiary/aromatic N) is 2. The summed E-state index contributed by atoms with van der Waals surface area (Å²) in [5.41, 5.74) is 2.14. The second-order valence-corrected chi connectivity index (χ2v) is 4.89. The molecule has 0 aliphatic heterocycles. The van der Waals surface area contributed by atoms with E-state index in [0.29, 0.717) is 6.42 Å². The third-order valence-corrected chi connectivity index (χ3v) is 3.54. The SMILES string of the molecule is NNC(=O)CCCCn1ccnc1-c1cccs1. The van der Waals surface area contributed by atoms with E-state index < -0.39 is 0 Å². The average Bonchev–Trinajstić information content (AvgIpc) is 3.04. The number of nitrogens with two attached hydrogens (primary N) is 1. The third-order valence-electron chi connectivity index (χ3n) is 2.67. The third kappa shape index (κ3) is 3.18. The molecule has 0 aliphatic carbocycles. The van der Waals surface area contributed by atoms with Crippen LogP contribution in [0, 0.1) is 0 Å². The summed E-state index contributed by atoms with van der Waals surface area (Å²) in [4.78, 5) is 16.5. The minimum atomic E-state index is -0.112. The highest BCUT2D eigenvalue weighted by molar-refractivity contribution is 7.13.